The highest BCUT2D eigenvalue weighted by molar-refractivity contribution is 5.53. The zero-order valence-electron chi connectivity index (χ0n) is 11.2. The summed E-state index contributed by atoms with van der Waals surface area (Å²) >= 11 is 0. The van der Waals surface area contributed by atoms with Crippen LogP contribution in [0, 0.1) is 6.92 Å². The van der Waals surface area contributed by atoms with Crippen molar-refractivity contribution in [3.8, 4) is 5.88 Å². The van der Waals surface area contributed by atoms with Crippen molar-refractivity contribution >= 4 is 11.5 Å². The minimum Gasteiger partial charge on any atom is -0.479 e. The number of pyridine rings is 1. The van der Waals surface area contributed by atoms with Gasteiger partial charge >= 0.3 is 0 Å². The van der Waals surface area contributed by atoms with Crippen molar-refractivity contribution in [1.29, 1.82) is 0 Å². The van der Waals surface area contributed by atoms with E-state index in [1.807, 2.05) is 19.2 Å². The van der Waals surface area contributed by atoms with Crippen LogP contribution in [-0.2, 0) is 6.42 Å². The Hall–Kier alpha value is -2.24. The predicted molar refractivity (Wildman–Crippen MR) is 75.3 cm³/mol. The number of nitrogens with one attached hydrogen (secondary N) is 2. The van der Waals surface area contributed by atoms with Gasteiger partial charge < -0.3 is 15.8 Å². The normalized spacial score (nSPS) is 10.4. The maximum absolute atomic E-state index is 5.71. The van der Waals surface area contributed by atoms with Crippen LogP contribution in [0.15, 0.2) is 18.3 Å². The first-order valence-corrected chi connectivity index (χ1v) is 6.24. The molecule has 0 atom stereocenters. The third kappa shape index (κ3) is 3.37. The van der Waals surface area contributed by atoms with Crippen molar-refractivity contribution in [2.45, 2.75) is 19.8 Å². The third-order valence-electron chi connectivity index (χ3n) is 2.95. The van der Waals surface area contributed by atoms with Crippen LogP contribution in [0.4, 0.5) is 11.5 Å². The Morgan fingerprint density at radius 2 is 2.26 bits per heavy atom. The summed E-state index contributed by atoms with van der Waals surface area (Å²) in [5.41, 5.74) is 8.64. The number of hydrogen-bond acceptors (Lipinski definition) is 5. The van der Waals surface area contributed by atoms with Gasteiger partial charge in [-0.05, 0) is 37.5 Å². The Labute approximate surface area is 112 Å². The van der Waals surface area contributed by atoms with Gasteiger partial charge in [0, 0.05) is 12.2 Å². The van der Waals surface area contributed by atoms with Crippen LogP contribution in [0.3, 0.4) is 0 Å². The van der Waals surface area contributed by atoms with Crippen LogP contribution in [0.25, 0.3) is 0 Å². The van der Waals surface area contributed by atoms with E-state index in [0.29, 0.717) is 11.6 Å². The van der Waals surface area contributed by atoms with Gasteiger partial charge in [-0.1, -0.05) is 0 Å². The summed E-state index contributed by atoms with van der Waals surface area (Å²) in [6.45, 7) is 2.87. The number of aryl methyl sites for hydroxylation is 2. The molecule has 0 aliphatic rings. The maximum Gasteiger partial charge on any atom is 0.238 e. The first-order chi connectivity index (χ1) is 9.20. The second-order valence-electron chi connectivity index (χ2n) is 4.35. The SMILES string of the molecule is COc1nc(NCCCc2cn[nH]c2C)ccc1N. The molecule has 0 aliphatic heterocycles. The monoisotopic (exact) mass is 261 g/mol. The van der Waals surface area contributed by atoms with Crippen LogP contribution in [-0.4, -0.2) is 28.8 Å². The molecule has 0 saturated carbocycles. The average molecular weight is 261 g/mol. The summed E-state index contributed by atoms with van der Waals surface area (Å²) in [4.78, 5) is 4.27. The van der Waals surface area contributed by atoms with Crippen molar-refractivity contribution < 1.29 is 4.74 Å². The highest BCUT2D eigenvalue weighted by Gasteiger charge is 2.03. The molecule has 4 N–H and O–H groups in total. The fourth-order valence-corrected chi connectivity index (χ4v) is 1.84. The quantitative estimate of drug-likeness (QED) is 0.689. The number of nitrogen functional groups attached to an aromatic ring is 1. The summed E-state index contributed by atoms with van der Waals surface area (Å²) < 4.78 is 5.08. The Kier molecular flexibility index (Phi) is 4.22. The molecule has 0 saturated heterocycles. The van der Waals surface area contributed by atoms with Gasteiger partial charge in [0.2, 0.25) is 5.88 Å². The molecule has 0 bridgehead atoms. The lowest BCUT2D eigenvalue weighted by Gasteiger charge is -2.08. The van der Waals surface area contributed by atoms with E-state index >= 15 is 0 Å². The summed E-state index contributed by atoms with van der Waals surface area (Å²) in [5, 5.41) is 10.2. The molecule has 2 rings (SSSR count). The Balaban J connectivity index is 1.81. The first-order valence-electron chi connectivity index (χ1n) is 6.24. The molecular weight excluding hydrogens is 242 g/mol. The van der Waals surface area contributed by atoms with E-state index in [0.717, 1.165) is 30.9 Å². The van der Waals surface area contributed by atoms with E-state index in [4.69, 9.17) is 10.5 Å². The molecule has 2 aromatic rings. The van der Waals surface area contributed by atoms with Crippen molar-refractivity contribution in [2.24, 2.45) is 0 Å². The molecule has 0 spiro atoms. The van der Waals surface area contributed by atoms with Gasteiger partial charge in [0.05, 0.1) is 19.0 Å². The van der Waals surface area contributed by atoms with Crippen LogP contribution < -0.4 is 15.8 Å². The summed E-state index contributed by atoms with van der Waals surface area (Å²) in [6.07, 6.45) is 3.87. The van der Waals surface area contributed by atoms with E-state index in [9.17, 15) is 0 Å². The highest BCUT2D eigenvalue weighted by atomic mass is 16.5. The number of nitrogens with zero attached hydrogens (tertiary/aromatic N) is 2. The predicted octanol–water partition coefficient (Wildman–Crippen LogP) is 1.75. The number of aromatic nitrogens is 3. The minimum atomic E-state index is 0.454. The van der Waals surface area contributed by atoms with E-state index in [2.05, 4.69) is 20.5 Å². The number of anilines is 2. The van der Waals surface area contributed by atoms with Crippen molar-refractivity contribution in [1.82, 2.24) is 15.2 Å². The Morgan fingerprint density at radius 3 is 2.95 bits per heavy atom. The number of rotatable bonds is 6. The van der Waals surface area contributed by atoms with Gasteiger partial charge in [0.15, 0.2) is 0 Å². The van der Waals surface area contributed by atoms with Gasteiger partial charge in [-0.25, -0.2) is 0 Å². The minimum absolute atomic E-state index is 0.454. The fourth-order valence-electron chi connectivity index (χ4n) is 1.84. The molecule has 6 heteroatoms. The number of aromatic amines is 1. The van der Waals surface area contributed by atoms with Gasteiger partial charge in [-0.2, -0.15) is 10.1 Å². The topological polar surface area (TPSA) is 88.8 Å². The molecule has 6 nitrogen and oxygen atoms in total. The Morgan fingerprint density at radius 1 is 1.42 bits per heavy atom. The number of methoxy groups -OCH3 is 1. The molecular formula is C13H19N5O. The van der Waals surface area contributed by atoms with Crippen molar-refractivity contribution in [2.75, 3.05) is 24.7 Å². The largest absolute Gasteiger partial charge is 0.479 e. The molecule has 0 aliphatic carbocycles. The summed E-state index contributed by atoms with van der Waals surface area (Å²) in [5.74, 6) is 1.23. The molecule has 0 aromatic carbocycles. The fraction of sp³-hybridized carbons (Fsp3) is 0.385. The zero-order chi connectivity index (χ0) is 13.7. The van der Waals surface area contributed by atoms with E-state index in [-0.39, 0.29) is 0 Å². The second kappa shape index (κ2) is 6.08. The van der Waals surface area contributed by atoms with Gasteiger partial charge in [0.25, 0.3) is 0 Å². The lowest BCUT2D eigenvalue weighted by Crippen LogP contribution is -2.06. The molecule has 19 heavy (non-hydrogen) atoms. The van der Waals surface area contributed by atoms with Crippen LogP contribution in [0.5, 0.6) is 5.88 Å². The molecule has 2 heterocycles. The van der Waals surface area contributed by atoms with Crippen molar-refractivity contribution in [3.63, 3.8) is 0 Å². The molecule has 0 amide bonds. The molecule has 0 radical (unpaired) electrons. The third-order valence-corrected chi connectivity index (χ3v) is 2.95. The number of hydrogen-bond donors (Lipinski definition) is 3. The molecule has 102 valence electrons. The number of ether oxygens (including phenoxy) is 1. The lowest BCUT2D eigenvalue weighted by atomic mass is 10.1. The summed E-state index contributed by atoms with van der Waals surface area (Å²) in [7, 11) is 1.56. The van der Waals surface area contributed by atoms with Gasteiger partial charge in [-0.3, -0.25) is 5.10 Å². The smallest absolute Gasteiger partial charge is 0.238 e. The number of H-pyrrole nitrogens is 1. The van der Waals surface area contributed by atoms with Gasteiger partial charge in [-0.15, -0.1) is 0 Å². The van der Waals surface area contributed by atoms with Crippen LogP contribution >= 0.6 is 0 Å². The highest BCUT2D eigenvalue weighted by Crippen LogP contribution is 2.20. The molecule has 2 aromatic heterocycles. The Bertz CT molecular complexity index is 538. The van der Waals surface area contributed by atoms with E-state index in [1.54, 1.807) is 13.2 Å². The first kappa shape index (κ1) is 13.2. The second-order valence-corrected chi connectivity index (χ2v) is 4.35. The summed E-state index contributed by atoms with van der Waals surface area (Å²) in [6, 6.07) is 3.63. The maximum atomic E-state index is 5.71. The standard InChI is InChI=1S/C13H19N5O/c1-9-10(8-16-18-9)4-3-7-15-12-6-5-11(14)13(17-12)19-2/h5-6,8H,3-4,7,14H2,1-2H3,(H,15,17)(H,16,18). The van der Waals surface area contributed by atoms with E-state index in [1.165, 1.54) is 5.56 Å². The van der Waals surface area contributed by atoms with Crippen LogP contribution in [0.1, 0.15) is 17.7 Å². The lowest BCUT2D eigenvalue weighted by molar-refractivity contribution is 0.401. The zero-order valence-corrected chi connectivity index (χ0v) is 11.2. The van der Waals surface area contributed by atoms with Gasteiger partial charge in [0.1, 0.15) is 5.82 Å². The molecule has 0 unspecified atom stereocenters. The average Bonchev–Trinajstić information content (AvgIpc) is 2.82. The van der Waals surface area contributed by atoms with Crippen LogP contribution in [0.2, 0.25) is 0 Å². The van der Waals surface area contributed by atoms with Crippen molar-refractivity contribution in [3.05, 3.63) is 29.6 Å². The van der Waals surface area contributed by atoms with E-state index < -0.39 is 0 Å². The molecule has 0 fully saturated rings. The number of nitrogens with two attached hydrogens (primary N) is 1.